The predicted octanol–water partition coefficient (Wildman–Crippen LogP) is 2.22. The van der Waals surface area contributed by atoms with Gasteiger partial charge in [-0.3, -0.25) is 4.79 Å². The van der Waals surface area contributed by atoms with Crippen LogP contribution in [0.3, 0.4) is 0 Å². The summed E-state index contributed by atoms with van der Waals surface area (Å²) in [5.41, 5.74) is 0.882. The van der Waals surface area contributed by atoms with Crippen LogP contribution in [0.2, 0.25) is 0 Å². The van der Waals surface area contributed by atoms with Gasteiger partial charge in [0.2, 0.25) is 0 Å². The zero-order chi connectivity index (χ0) is 17.1. The maximum atomic E-state index is 11.9. The summed E-state index contributed by atoms with van der Waals surface area (Å²) in [6, 6.07) is 9.83. The summed E-state index contributed by atoms with van der Waals surface area (Å²) in [6.07, 6.45) is 1.48. The Morgan fingerprint density at radius 1 is 1.29 bits per heavy atom. The van der Waals surface area contributed by atoms with Crippen LogP contribution in [0.5, 0.6) is 5.75 Å². The first kappa shape index (κ1) is 15.3. The van der Waals surface area contributed by atoms with Crippen LogP contribution in [0.4, 0.5) is 11.5 Å². The van der Waals surface area contributed by atoms with Crippen LogP contribution in [0.1, 0.15) is 10.5 Å². The number of carbonyl (C=O) groups is 1. The van der Waals surface area contributed by atoms with E-state index in [2.05, 4.69) is 20.3 Å². The molecule has 8 heteroatoms. The van der Waals surface area contributed by atoms with Gasteiger partial charge >= 0.3 is 5.97 Å². The molecule has 2 heterocycles. The van der Waals surface area contributed by atoms with Crippen molar-refractivity contribution >= 4 is 17.5 Å². The van der Waals surface area contributed by atoms with Crippen molar-refractivity contribution in [3.05, 3.63) is 58.6 Å². The van der Waals surface area contributed by atoms with E-state index in [4.69, 9.17) is 9.84 Å². The molecule has 0 saturated heterocycles. The van der Waals surface area contributed by atoms with Gasteiger partial charge in [0.05, 0.1) is 12.8 Å². The summed E-state index contributed by atoms with van der Waals surface area (Å²) in [7, 11) is 1.55. The molecule has 1 aromatic carbocycles. The number of carboxylic acids is 1. The molecule has 0 aliphatic carbocycles. The van der Waals surface area contributed by atoms with E-state index in [9.17, 15) is 9.59 Å². The van der Waals surface area contributed by atoms with Crippen molar-refractivity contribution in [1.82, 2.24) is 15.0 Å². The first-order valence-corrected chi connectivity index (χ1v) is 6.99. The minimum absolute atomic E-state index is 0.0374. The average Bonchev–Trinajstić information content (AvgIpc) is 3.03. The van der Waals surface area contributed by atoms with Gasteiger partial charge in [-0.25, -0.2) is 9.78 Å². The molecule has 0 amide bonds. The van der Waals surface area contributed by atoms with E-state index in [1.807, 2.05) is 0 Å². The topological polar surface area (TPSA) is 120 Å². The van der Waals surface area contributed by atoms with Crippen LogP contribution in [0.15, 0.2) is 47.4 Å². The number of benzene rings is 1. The standard InChI is InChI=1S/C16H14N4O4/c1-24-11-4-2-3-9(5-11)15-19-13(7-14(21)20-15)18-10-6-12(16(22)23)17-8-10/h2-8,17H,1H3,(H,22,23)(H2,18,19,20,21). The largest absolute Gasteiger partial charge is 0.497 e. The van der Waals surface area contributed by atoms with Crippen LogP contribution >= 0.6 is 0 Å². The molecule has 0 aliphatic heterocycles. The van der Waals surface area contributed by atoms with Crippen molar-refractivity contribution in [3.8, 4) is 17.1 Å². The van der Waals surface area contributed by atoms with Gasteiger partial charge in [0.25, 0.3) is 5.56 Å². The van der Waals surface area contributed by atoms with Crippen molar-refractivity contribution in [2.75, 3.05) is 12.4 Å². The summed E-state index contributed by atoms with van der Waals surface area (Å²) in [6.45, 7) is 0. The maximum Gasteiger partial charge on any atom is 0.352 e. The van der Waals surface area contributed by atoms with Crippen LogP contribution in [-0.2, 0) is 0 Å². The van der Waals surface area contributed by atoms with Gasteiger partial charge in [0.1, 0.15) is 23.1 Å². The Bertz CT molecular complexity index is 945. The number of nitrogens with one attached hydrogen (secondary N) is 3. The second-order valence-electron chi connectivity index (χ2n) is 4.94. The Morgan fingerprint density at radius 3 is 2.83 bits per heavy atom. The highest BCUT2D eigenvalue weighted by Gasteiger charge is 2.09. The SMILES string of the molecule is COc1cccc(-c2nc(Nc3c[nH]c(C(=O)O)c3)cc(=O)[nH]2)c1. The van der Waals surface area contributed by atoms with Crippen molar-refractivity contribution in [2.24, 2.45) is 0 Å². The number of carboxylic acid groups (broad SMARTS) is 1. The van der Waals surface area contributed by atoms with E-state index in [1.165, 1.54) is 18.3 Å². The summed E-state index contributed by atoms with van der Waals surface area (Å²) >= 11 is 0. The Hall–Kier alpha value is -3.55. The van der Waals surface area contributed by atoms with E-state index < -0.39 is 5.97 Å². The van der Waals surface area contributed by atoms with Gasteiger partial charge < -0.3 is 25.1 Å². The zero-order valence-electron chi connectivity index (χ0n) is 12.7. The predicted molar refractivity (Wildman–Crippen MR) is 87.9 cm³/mol. The lowest BCUT2D eigenvalue weighted by molar-refractivity contribution is 0.0691. The molecule has 0 bridgehead atoms. The molecule has 0 spiro atoms. The molecule has 0 saturated carbocycles. The van der Waals surface area contributed by atoms with Crippen LogP contribution in [0, 0.1) is 0 Å². The van der Waals surface area contributed by atoms with Crippen molar-refractivity contribution < 1.29 is 14.6 Å². The molecule has 0 atom stereocenters. The van der Waals surface area contributed by atoms with E-state index >= 15 is 0 Å². The minimum atomic E-state index is -1.07. The highest BCUT2D eigenvalue weighted by molar-refractivity contribution is 5.87. The van der Waals surface area contributed by atoms with Gasteiger partial charge in [-0.1, -0.05) is 12.1 Å². The maximum absolute atomic E-state index is 11.9. The van der Waals surface area contributed by atoms with Crippen LogP contribution in [-0.4, -0.2) is 33.1 Å². The van der Waals surface area contributed by atoms with E-state index in [0.29, 0.717) is 28.6 Å². The number of aromatic nitrogens is 3. The third-order valence-electron chi connectivity index (χ3n) is 3.27. The first-order chi connectivity index (χ1) is 11.5. The second-order valence-corrected chi connectivity index (χ2v) is 4.94. The summed E-state index contributed by atoms with van der Waals surface area (Å²) in [4.78, 5) is 32.4. The fraction of sp³-hybridized carbons (Fsp3) is 0.0625. The Balaban J connectivity index is 1.93. The molecule has 0 radical (unpaired) electrons. The molecule has 4 N–H and O–H groups in total. The third kappa shape index (κ3) is 3.27. The number of ether oxygens (including phenoxy) is 1. The van der Waals surface area contributed by atoms with Crippen molar-refractivity contribution in [1.29, 1.82) is 0 Å². The number of H-pyrrole nitrogens is 2. The minimum Gasteiger partial charge on any atom is -0.497 e. The molecule has 0 fully saturated rings. The normalized spacial score (nSPS) is 10.4. The number of rotatable bonds is 5. The number of anilines is 2. The molecule has 3 rings (SSSR count). The lowest BCUT2D eigenvalue weighted by Crippen LogP contribution is -2.09. The number of hydrogen-bond acceptors (Lipinski definition) is 5. The molecule has 24 heavy (non-hydrogen) atoms. The Kier molecular flexibility index (Phi) is 4.02. The number of aromatic carboxylic acids is 1. The molecule has 0 aliphatic rings. The average molecular weight is 326 g/mol. The summed E-state index contributed by atoms with van der Waals surface area (Å²) in [5.74, 6) is 0.245. The van der Waals surface area contributed by atoms with Gasteiger partial charge in [-0.2, -0.15) is 0 Å². The highest BCUT2D eigenvalue weighted by Crippen LogP contribution is 2.22. The Morgan fingerprint density at radius 2 is 2.12 bits per heavy atom. The molecule has 2 aromatic heterocycles. The Labute approximate surface area is 136 Å². The highest BCUT2D eigenvalue weighted by atomic mass is 16.5. The van der Waals surface area contributed by atoms with Crippen molar-refractivity contribution in [3.63, 3.8) is 0 Å². The smallest absolute Gasteiger partial charge is 0.352 e. The van der Waals surface area contributed by atoms with Crippen LogP contribution < -0.4 is 15.6 Å². The zero-order valence-corrected chi connectivity index (χ0v) is 12.7. The summed E-state index contributed by atoms with van der Waals surface area (Å²) < 4.78 is 5.16. The lowest BCUT2D eigenvalue weighted by atomic mass is 10.2. The fourth-order valence-corrected chi connectivity index (χ4v) is 2.17. The molecule has 3 aromatic rings. The molecular formula is C16H14N4O4. The lowest BCUT2D eigenvalue weighted by Gasteiger charge is -2.07. The van der Waals surface area contributed by atoms with Crippen LogP contribution in [0.25, 0.3) is 11.4 Å². The van der Waals surface area contributed by atoms with Gasteiger partial charge in [0, 0.05) is 17.8 Å². The first-order valence-electron chi connectivity index (χ1n) is 6.99. The van der Waals surface area contributed by atoms with Gasteiger partial charge in [0.15, 0.2) is 0 Å². The fourth-order valence-electron chi connectivity index (χ4n) is 2.17. The second kappa shape index (κ2) is 6.29. The van der Waals surface area contributed by atoms with E-state index in [0.717, 1.165) is 0 Å². The molecule has 122 valence electrons. The van der Waals surface area contributed by atoms with Crippen molar-refractivity contribution in [2.45, 2.75) is 0 Å². The van der Waals surface area contributed by atoms with E-state index in [-0.39, 0.29) is 11.3 Å². The molecule has 0 unspecified atom stereocenters. The number of nitrogens with zero attached hydrogens (tertiary/aromatic N) is 1. The number of hydrogen-bond donors (Lipinski definition) is 4. The quantitative estimate of drug-likeness (QED) is 0.570. The van der Waals surface area contributed by atoms with E-state index in [1.54, 1.807) is 31.4 Å². The summed E-state index contributed by atoms with van der Waals surface area (Å²) in [5, 5.41) is 11.8. The molecular weight excluding hydrogens is 312 g/mol. The van der Waals surface area contributed by atoms with Gasteiger partial charge in [-0.15, -0.1) is 0 Å². The molecule has 8 nitrogen and oxygen atoms in total. The number of aromatic amines is 2. The third-order valence-corrected chi connectivity index (χ3v) is 3.27. The monoisotopic (exact) mass is 326 g/mol. The number of methoxy groups -OCH3 is 1. The van der Waals surface area contributed by atoms with Gasteiger partial charge in [-0.05, 0) is 18.2 Å².